The van der Waals surface area contributed by atoms with Crippen LogP contribution in [-0.2, 0) is 16.1 Å². The van der Waals surface area contributed by atoms with Gasteiger partial charge in [-0.05, 0) is 53.1 Å². The first-order valence-corrected chi connectivity index (χ1v) is 8.53. The van der Waals surface area contributed by atoms with Crippen LogP contribution in [0.4, 0.5) is 0 Å². The lowest BCUT2D eigenvalue weighted by molar-refractivity contribution is -0.134. The van der Waals surface area contributed by atoms with E-state index in [-0.39, 0.29) is 23.9 Å². The molecule has 1 aliphatic carbocycles. The molecule has 0 heterocycles. The topological polar surface area (TPSA) is 78.6 Å². The molecule has 0 aromatic heterocycles. The van der Waals surface area contributed by atoms with Gasteiger partial charge in [-0.1, -0.05) is 24.3 Å². The average molecular weight is 388 g/mol. The number of ether oxygens (including phenoxy) is 2. The van der Waals surface area contributed by atoms with Crippen LogP contribution in [0.2, 0.25) is 0 Å². The Kier molecular flexibility index (Phi) is 6.77. The van der Waals surface area contributed by atoms with E-state index in [0.717, 1.165) is 34.9 Å². The van der Waals surface area contributed by atoms with Gasteiger partial charge in [0, 0.05) is 25.8 Å². The first-order valence-electron chi connectivity index (χ1n) is 8.53. The van der Waals surface area contributed by atoms with E-state index in [0.29, 0.717) is 11.9 Å². The van der Waals surface area contributed by atoms with Crippen LogP contribution in [-0.4, -0.2) is 11.9 Å². The molecule has 0 unspecified atom stereocenters. The Labute approximate surface area is 164 Å². The first kappa shape index (κ1) is 20.7. The minimum absolute atomic E-state index is 0. The molecule has 27 heavy (non-hydrogen) atoms. The summed E-state index contributed by atoms with van der Waals surface area (Å²) in [7, 11) is 0. The predicted molar refractivity (Wildman–Crippen MR) is 108 cm³/mol. The summed E-state index contributed by atoms with van der Waals surface area (Å²) in [4.78, 5) is 23.0. The van der Waals surface area contributed by atoms with Crippen LogP contribution < -0.4 is 15.2 Å². The number of carbonyl (C=O) groups is 2. The summed E-state index contributed by atoms with van der Waals surface area (Å²) < 4.78 is 10.6. The minimum Gasteiger partial charge on any atom is -0.423 e. The molecule has 0 aliphatic heterocycles. The lowest BCUT2D eigenvalue weighted by atomic mass is 9.93. The number of hydrogen-bond acceptors (Lipinski definition) is 5. The number of carbonyl (C=O) groups excluding carboxylic acids is 2. The zero-order valence-corrected chi connectivity index (χ0v) is 16.1. The molecule has 1 aliphatic rings. The largest absolute Gasteiger partial charge is 0.423 e. The number of benzene rings is 2. The molecule has 2 N–H and O–H groups in total. The highest BCUT2D eigenvalue weighted by Crippen LogP contribution is 2.39. The number of hydrogen-bond donors (Lipinski definition) is 1. The Morgan fingerprint density at radius 3 is 2.37 bits per heavy atom. The number of allylic oxidation sites excluding steroid dienone is 4. The van der Waals surface area contributed by atoms with Crippen molar-refractivity contribution in [3.8, 4) is 11.5 Å². The molecule has 2 aromatic carbocycles. The molecule has 0 radical (unpaired) electrons. The third-order valence-electron chi connectivity index (χ3n) is 4.18. The van der Waals surface area contributed by atoms with Crippen LogP contribution in [0.3, 0.4) is 0 Å². The Bertz CT molecular complexity index is 947. The van der Waals surface area contributed by atoms with E-state index >= 15 is 0 Å². The van der Waals surface area contributed by atoms with Crippen molar-refractivity contribution in [1.29, 1.82) is 0 Å². The van der Waals surface area contributed by atoms with Crippen LogP contribution in [0.5, 0.6) is 11.5 Å². The van der Waals surface area contributed by atoms with Gasteiger partial charge in [-0.15, -0.1) is 12.4 Å². The molecule has 142 valence electrons. The van der Waals surface area contributed by atoms with Gasteiger partial charge in [0.1, 0.15) is 0 Å². The minimum atomic E-state index is -0.484. The lowest BCUT2D eigenvalue weighted by Crippen LogP contribution is -2.08. The molecule has 2 aromatic rings. The van der Waals surface area contributed by atoms with Crippen molar-refractivity contribution in [2.75, 3.05) is 0 Å². The van der Waals surface area contributed by atoms with Crippen LogP contribution in [0.15, 0.2) is 42.5 Å². The van der Waals surface area contributed by atoms with Crippen LogP contribution in [0, 0.1) is 0 Å². The lowest BCUT2D eigenvalue weighted by Gasteiger charge is -2.16. The predicted octanol–water partition coefficient (Wildman–Crippen LogP) is 4.30. The van der Waals surface area contributed by atoms with Gasteiger partial charge in [-0.25, -0.2) is 0 Å². The van der Waals surface area contributed by atoms with Crippen molar-refractivity contribution < 1.29 is 19.1 Å². The summed E-state index contributed by atoms with van der Waals surface area (Å²) in [5.74, 6) is -0.510. The molecule has 5 nitrogen and oxygen atoms in total. The van der Waals surface area contributed by atoms with Crippen molar-refractivity contribution in [1.82, 2.24) is 0 Å². The second-order valence-corrected chi connectivity index (χ2v) is 6.15. The van der Waals surface area contributed by atoms with Crippen molar-refractivity contribution in [2.24, 2.45) is 5.73 Å². The van der Waals surface area contributed by atoms with Gasteiger partial charge in [0.15, 0.2) is 11.5 Å². The Morgan fingerprint density at radius 1 is 1.04 bits per heavy atom. The number of halogens is 1. The summed E-state index contributed by atoms with van der Waals surface area (Å²) >= 11 is 0. The summed E-state index contributed by atoms with van der Waals surface area (Å²) in [6, 6.07) is 7.45. The van der Waals surface area contributed by atoms with E-state index in [1.54, 1.807) is 6.07 Å². The standard InChI is InChI=1S/C21H21NO4.ClH/c1-13(23)25-20-9-8-18-17(12-22)10-16(15-6-4-3-5-7-15)11-19(18)21(20)26-14(2)24;/h4,6-11H,3,5,12,22H2,1-2H3;1H. The zero-order chi connectivity index (χ0) is 18.7. The zero-order valence-electron chi connectivity index (χ0n) is 15.3. The van der Waals surface area contributed by atoms with E-state index < -0.39 is 11.9 Å². The molecule has 0 fully saturated rings. The van der Waals surface area contributed by atoms with E-state index in [9.17, 15) is 9.59 Å². The highest BCUT2D eigenvalue weighted by atomic mass is 35.5. The van der Waals surface area contributed by atoms with Crippen molar-refractivity contribution in [3.05, 3.63) is 53.6 Å². The van der Waals surface area contributed by atoms with Crippen LogP contribution >= 0.6 is 12.4 Å². The van der Waals surface area contributed by atoms with Crippen molar-refractivity contribution in [2.45, 2.75) is 33.2 Å². The van der Waals surface area contributed by atoms with Gasteiger partial charge in [-0.2, -0.15) is 0 Å². The Morgan fingerprint density at radius 2 is 1.78 bits per heavy atom. The third kappa shape index (κ3) is 4.56. The quantitative estimate of drug-likeness (QED) is 0.624. The SMILES string of the molecule is CC(=O)Oc1ccc2c(CN)cc(C3=CCCC=C3)cc2c1OC(C)=O.Cl. The summed E-state index contributed by atoms with van der Waals surface area (Å²) in [6.07, 6.45) is 8.38. The highest BCUT2D eigenvalue weighted by Gasteiger charge is 2.17. The molecule has 6 heteroatoms. The number of nitrogens with two attached hydrogens (primary N) is 1. The number of fused-ring (bicyclic) bond motifs is 1. The fraction of sp³-hybridized carbons (Fsp3) is 0.238. The average Bonchev–Trinajstić information content (AvgIpc) is 2.62. The van der Waals surface area contributed by atoms with Gasteiger partial charge in [0.2, 0.25) is 0 Å². The normalized spacial score (nSPS) is 12.9. The molecule has 0 saturated carbocycles. The molecule has 0 bridgehead atoms. The maximum Gasteiger partial charge on any atom is 0.308 e. The Balaban J connectivity index is 0.00000261. The monoisotopic (exact) mass is 387 g/mol. The fourth-order valence-corrected chi connectivity index (χ4v) is 3.11. The maximum atomic E-state index is 11.6. The maximum absolute atomic E-state index is 11.6. The highest BCUT2D eigenvalue weighted by molar-refractivity contribution is 5.98. The molecule has 0 atom stereocenters. The Hall–Kier alpha value is -2.63. The third-order valence-corrected chi connectivity index (χ3v) is 4.18. The van der Waals surface area contributed by atoms with Gasteiger partial charge in [0.25, 0.3) is 0 Å². The second kappa shape index (κ2) is 8.84. The van der Waals surface area contributed by atoms with Gasteiger partial charge in [-0.3, -0.25) is 9.59 Å². The van der Waals surface area contributed by atoms with E-state index in [1.165, 1.54) is 13.8 Å². The fourth-order valence-electron chi connectivity index (χ4n) is 3.11. The van der Waals surface area contributed by atoms with Crippen LogP contribution in [0.25, 0.3) is 16.3 Å². The van der Waals surface area contributed by atoms with E-state index in [1.807, 2.05) is 18.2 Å². The number of rotatable bonds is 4. The summed E-state index contributed by atoms with van der Waals surface area (Å²) in [5.41, 5.74) is 8.97. The second-order valence-electron chi connectivity index (χ2n) is 6.15. The molecule has 0 spiro atoms. The van der Waals surface area contributed by atoms with Gasteiger partial charge >= 0.3 is 11.9 Å². The molecular formula is C21H22ClNO4. The first-order chi connectivity index (χ1) is 12.5. The smallest absolute Gasteiger partial charge is 0.308 e. The molecule has 3 rings (SSSR count). The van der Waals surface area contributed by atoms with Gasteiger partial charge < -0.3 is 15.2 Å². The number of esters is 2. The van der Waals surface area contributed by atoms with Crippen molar-refractivity contribution in [3.63, 3.8) is 0 Å². The van der Waals surface area contributed by atoms with Crippen molar-refractivity contribution >= 4 is 40.7 Å². The van der Waals surface area contributed by atoms with Gasteiger partial charge in [0.05, 0.1) is 0 Å². The summed E-state index contributed by atoms with van der Waals surface area (Å²) in [6.45, 7) is 2.96. The van der Waals surface area contributed by atoms with Crippen LogP contribution in [0.1, 0.15) is 37.8 Å². The van der Waals surface area contributed by atoms with E-state index in [4.69, 9.17) is 15.2 Å². The molecule has 0 amide bonds. The van der Waals surface area contributed by atoms with E-state index in [2.05, 4.69) is 18.2 Å². The molecule has 0 saturated heterocycles. The summed E-state index contributed by atoms with van der Waals surface area (Å²) in [5, 5.41) is 1.56. The molecular weight excluding hydrogens is 366 g/mol.